The van der Waals surface area contributed by atoms with Gasteiger partial charge in [0, 0.05) is 42.8 Å². The number of hydrogen-bond acceptors (Lipinski definition) is 9. The molecule has 0 saturated carbocycles. The van der Waals surface area contributed by atoms with Gasteiger partial charge in [0.15, 0.2) is 0 Å². The molecule has 0 bridgehead atoms. The summed E-state index contributed by atoms with van der Waals surface area (Å²) in [7, 11) is 3.12. The third-order valence-electron chi connectivity index (χ3n) is 6.80. The molecule has 2 heterocycles. The summed E-state index contributed by atoms with van der Waals surface area (Å²) in [6.07, 6.45) is 0.891. The minimum atomic E-state index is -0.648. The van der Waals surface area contributed by atoms with Crippen molar-refractivity contribution in [3.8, 4) is 17.4 Å². The molecule has 0 atom stereocenters. The van der Waals surface area contributed by atoms with Gasteiger partial charge >= 0.3 is 6.09 Å². The molecule has 1 aliphatic rings. The predicted octanol–water partition coefficient (Wildman–Crippen LogP) is 6.03. The van der Waals surface area contributed by atoms with Gasteiger partial charge in [-0.2, -0.15) is 4.98 Å². The van der Waals surface area contributed by atoms with Gasteiger partial charge in [-0.05, 0) is 61.4 Å². The van der Waals surface area contributed by atoms with Crippen LogP contribution in [0, 0.1) is 13.8 Å². The lowest BCUT2D eigenvalue weighted by Crippen LogP contribution is -2.36. The minimum Gasteiger partial charge on any atom is -0.497 e. The number of aryl methyl sites for hydroxylation is 2. The highest BCUT2D eigenvalue weighted by molar-refractivity contribution is 6.00. The monoisotopic (exact) mass is 555 g/mol. The number of ether oxygens (including phenoxy) is 4. The van der Waals surface area contributed by atoms with E-state index in [0.717, 1.165) is 48.8 Å². The van der Waals surface area contributed by atoms with E-state index in [2.05, 4.69) is 20.2 Å². The molecule has 212 valence electrons. The number of carbonyl (C=O) groups excluding carboxylic acids is 1. The maximum Gasteiger partial charge on any atom is 0.425 e. The Labute approximate surface area is 239 Å². The predicted molar refractivity (Wildman–Crippen MR) is 158 cm³/mol. The van der Waals surface area contributed by atoms with Gasteiger partial charge in [-0.15, -0.1) is 0 Å². The van der Waals surface area contributed by atoms with Crippen molar-refractivity contribution in [2.75, 3.05) is 55.6 Å². The van der Waals surface area contributed by atoms with Crippen molar-refractivity contribution in [2.45, 2.75) is 13.8 Å². The maximum atomic E-state index is 13.8. The number of para-hydroxylation sites is 1. The van der Waals surface area contributed by atoms with Gasteiger partial charge in [0.1, 0.15) is 11.5 Å². The summed E-state index contributed by atoms with van der Waals surface area (Å²) in [6, 6.07) is 20.6. The van der Waals surface area contributed by atoms with Crippen LogP contribution < -0.4 is 29.3 Å². The van der Waals surface area contributed by atoms with E-state index in [-0.39, 0.29) is 5.88 Å². The van der Waals surface area contributed by atoms with Crippen LogP contribution in [0.3, 0.4) is 0 Å². The molecule has 10 nitrogen and oxygen atoms in total. The summed E-state index contributed by atoms with van der Waals surface area (Å²) in [6.45, 7) is 7.07. The topological polar surface area (TPSA) is 98.3 Å². The fraction of sp³-hybridized carbons (Fsp3) is 0.258. The summed E-state index contributed by atoms with van der Waals surface area (Å²) in [5.41, 5.74) is 4.92. The van der Waals surface area contributed by atoms with Gasteiger partial charge in [-0.1, -0.05) is 18.2 Å². The molecular weight excluding hydrogens is 522 g/mol. The molecule has 4 aromatic rings. The van der Waals surface area contributed by atoms with Crippen molar-refractivity contribution in [1.82, 2.24) is 9.97 Å². The number of morpholine rings is 1. The van der Waals surface area contributed by atoms with Gasteiger partial charge in [0.05, 0.1) is 38.8 Å². The zero-order chi connectivity index (χ0) is 28.8. The summed E-state index contributed by atoms with van der Waals surface area (Å²) >= 11 is 0. The first-order valence-corrected chi connectivity index (χ1v) is 13.3. The van der Waals surface area contributed by atoms with E-state index in [9.17, 15) is 4.79 Å². The van der Waals surface area contributed by atoms with Crippen LogP contribution in [0.4, 0.5) is 33.5 Å². The summed E-state index contributed by atoms with van der Waals surface area (Å²) in [5, 5.41) is 3.19. The summed E-state index contributed by atoms with van der Waals surface area (Å²) < 4.78 is 22.2. The first-order valence-electron chi connectivity index (χ1n) is 13.3. The second-order valence-corrected chi connectivity index (χ2v) is 9.47. The van der Waals surface area contributed by atoms with Gasteiger partial charge < -0.3 is 29.2 Å². The summed E-state index contributed by atoms with van der Waals surface area (Å²) in [4.78, 5) is 26.3. The second-order valence-electron chi connectivity index (χ2n) is 9.47. The van der Waals surface area contributed by atoms with Crippen molar-refractivity contribution in [3.63, 3.8) is 0 Å². The smallest absolute Gasteiger partial charge is 0.425 e. The molecule has 1 N–H and O–H groups in total. The quantitative estimate of drug-likeness (QED) is 0.279. The molecule has 1 aromatic heterocycles. The Morgan fingerprint density at radius 3 is 2.37 bits per heavy atom. The molecule has 0 spiro atoms. The van der Waals surface area contributed by atoms with E-state index in [0.29, 0.717) is 28.8 Å². The molecule has 41 heavy (non-hydrogen) atoms. The zero-order valence-electron chi connectivity index (χ0n) is 23.6. The molecule has 1 amide bonds. The van der Waals surface area contributed by atoms with Crippen LogP contribution in [0.5, 0.6) is 17.4 Å². The number of amides is 1. The van der Waals surface area contributed by atoms with Gasteiger partial charge in [-0.3, -0.25) is 0 Å². The van der Waals surface area contributed by atoms with Crippen LogP contribution >= 0.6 is 0 Å². The molecule has 1 aliphatic heterocycles. The molecule has 5 rings (SSSR count). The molecule has 1 fully saturated rings. The molecule has 10 heteroatoms. The Morgan fingerprint density at radius 2 is 1.68 bits per heavy atom. The van der Waals surface area contributed by atoms with E-state index in [1.54, 1.807) is 38.5 Å². The number of hydrogen-bond donors (Lipinski definition) is 1. The van der Waals surface area contributed by atoms with Crippen LogP contribution in [0.1, 0.15) is 11.1 Å². The van der Waals surface area contributed by atoms with Gasteiger partial charge in [0.2, 0.25) is 11.8 Å². The van der Waals surface area contributed by atoms with Crippen LogP contribution in [0.2, 0.25) is 0 Å². The van der Waals surface area contributed by atoms with Crippen LogP contribution in [0.25, 0.3) is 0 Å². The number of carbonyl (C=O) groups is 1. The van der Waals surface area contributed by atoms with Crippen molar-refractivity contribution in [1.29, 1.82) is 0 Å². The van der Waals surface area contributed by atoms with E-state index in [1.165, 1.54) is 11.1 Å². The third-order valence-corrected chi connectivity index (χ3v) is 6.80. The number of benzene rings is 3. The Hall–Kier alpha value is -4.83. The second kappa shape index (κ2) is 12.6. The fourth-order valence-electron chi connectivity index (χ4n) is 4.74. The molecular formula is C31H33N5O5. The number of rotatable bonds is 8. The Morgan fingerprint density at radius 1 is 0.951 bits per heavy atom. The van der Waals surface area contributed by atoms with E-state index < -0.39 is 6.09 Å². The average molecular weight is 556 g/mol. The standard InChI is InChI=1S/C31H33N5O5/c1-21-6-5-7-22(2)29(21)36(26-13-12-25(38-3)20-27(26)39-4)31(37)41-28-14-15-32-30(34-28)33-23-8-10-24(11-9-23)35-16-18-40-19-17-35/h5-15,20H,16-19H2,1-4H3,(H,32,33,34). The van der Waals surface area contributed by atoms with Gasteiger partial charge in [-0.25, -0.2) is 14.7 Å². The van der Waals surface area contributed by atoms with E-state index in [4.69, 9.17) is 18.9 Å². The lowest BCUT2D eigenvalue weighted by Gasteiger charge is -2.28. The number of aromatic nitrogens is 2. The Bertz CT molecular complexity index is 1490. The van der Waals surface area contributed by atoms with Crippen molar-refractivity contribution >= 4 is 34.8 Å². The van der Waals surface area contributed by atoms with Crippen molar-refractivity contribution < 1.29 is 23.7 Å². The molecule has 0 aliphatic carbocycles. The zero-order valence-corrected chi connectivity index (χ0v) is 23.6. The van der Waals surface area contributed by atoms with Crippen LogP contribution in [0.15, 0.2) is 72.9 Å². The molecule has 0 unspecified atom stereocenters. The van der Waals surface area contributed by atoms with Crippen LogP contribution in [-0.4, -0.2) is 56.6 Å². The Kier molecular flexibility index (Phi) is 8.50. The van der Waals surface area contributed by atoms with Crippen molar-refractivity contribution in [2.24, 2.45) is 0 Å². The average Bonchev–Trinajstić information content (AvgIpc) is 3.00. The summed E-state index contributed by atoms with van der Waals surface area (Å²) in [5.74, 6) is 1.45. The molecule has 3 aromatic carbocycles. The highest BCUT2D eigenvalue weighted by Crippen LogP contribution is 2.39. The van der Waals surface area contributed by atoms with Crippen LogP contribution in [-0.2, 0) is 4.74 Å². The maximum absolute atomic E-state index is 13.8. The first-order chi connectivity index (χ1) is 20.0. The minimum absolute atomic E-state index is 0.0983. The van der Waals surface area contributed by atoms with E-state index in [1.807, 2.05) is 56.3 Å². The normalized spacial score (nSPS) is 12.9. The Balaban J connectivity index is 1.39. The molecule has 0 radical (unpaired) electrons. The number of anilines is 5. The van der Waals surface area contributed by atoms with Gasteiger partial charge in [0.25, 0.3) is 0 Å². The lowest BCUT2D eigenvalue weighted by molar-refractivity contribution is 0.122. The van der Waals surface area contributed by atoms with E-state index >= 15 is 0 Å². The largest absolute Gasteiger partial charge is 0.497 e. The highest BCUT2D eigenvalue weighted by Gasteiger charge is 2.27. The SMILES string of the molecule is COc1ccc(N(C(=O)Oc2ccnc(Nc3ccc(N4CCOCC4)cc3)n2)c2c(C)cccc2C)c(OC)c1. The third kappa shape index (κ3) is 6.33. The first kappa shape index (κ1) is 27.7. The highest BCUT2D eigenvalue weighted by atomic mass is 16.6. The fourth-order valence-corrected chi connectivity index (χ4v) is 4.74. The number of nitrogens with one attached hydrogen (secondary N) is 1. The van der Waals surface area contributed by atoms with Crippen molar-refractivity contribution in [3.05, 3.63) is 84.1 Å². The molecule has 1 saturated heterocycles. The number of nitrogens with zero attached hydrogens (tertiary/aromatic N) is 4. The number of methoxy groups -OCH3 is 2. The lowest BCUT2D eigenvalue weighted by atomic mass is 10.1.